The van der Waals surface area contributed by atoms with Gasteiger partial charge in [-0.05, 0) is 38.0 Å². The lowest BCUT2D eigenvalue weighted by molar-refractivity contribution is 0.0940. The maximum Gasteiger partial charge on any atom is 0.271 e. The molecule has 0 aromatic carbocycles. The van der Waals surface area contributed by atoms with E-state index in [0.717, 1.165) is 17.6 Å². The monoisotopic (exact) mass is 261 g/mol. The fourth-order valence-corrected chi connectivity index (χ4v) is 1.80. The summed E-state index contributed by atoms with van der Waals surface area (Å²) in [6, 6.07) is 3.93. The maximum absolute atomic E-state index is 11.9. The molecule has 2 rings (SSSR count). The molecule has 19 heavy (non-hydrogen) atoms. The molecular formula is C14H19N3O2. The Bertz CT molecular complexity index is 563. The number of aryl methyl sites for hydroxylation is 1. The molecule has 1 amide bonds. The smallest absolute Gasteiger partial charge is 0.271 e. The van der Waals surface area contributed by atoms with Gasteiger partial charge in [0.25, 0.3) is 5.91 Å². The van der Waals surface area contributed by atoms with Gasteiger partial charge < -0.3 is 14.5 Å². The van der Waals surface area contributed by atoms with Gasteiger partial charge in [0.2, 0.25) is 0 Å². The summed E-state index contributed by atoms with van der Waals surface area (Å²) in [5.41, 5.74) is 2.36. The van der Waals surface area contributed by atoms with Crippen LogP contribution < -0.4 is 5.32 Å². The van der Waals surface area contributed by atoms with Gasteiger partial charge in [-0.25, -0.2) is 4.98 Å². The Kier molecular flexibility index (Phi) is 4.52. The second kappa shape index (κ2) is 6.33. The third-order valence-electron chi connectivity index (χ3n) is 2.80. The van der Waals surface area contributed by atoms with Crippen LogP contribution in [-0.4, -0.2) is 35.1 Å². The molecule has 2 heterocycles. The van der Waals surface area contributed by atoms with Crippen LogP contribution >= 0.6 is 0 Å². The van der Waals surface area contributed by atoms with Crippen LogP contribution in [0.4, 0.5) is 0 Å². The first-order valence-electron chi connectivity index (χ1n) is 6.52. The minimum atomic E-state index is -0.141. The van der Waals surface area contributed by atoms with Crippen molar-refractivity contribution in [2.45, 2.75) is 20.3 Å². The molecule has 0 aliphatic heterocycles. The fourth-order valence-electron chi connectivity index (χ4n) is 1.80. The molecule has 0 fully saturated rings. The topological polar surface area (TPSA) is 55.6 Å². The van der Waals surface area contributed by atoms with Crippen LogP contribution in [0.5, 0.6) is 0 Å². The molecule has 0 spiro atoms. The van der Waals surface area contributed by atoms with Crippen molar-refractivity contribution in [3.63, 3.8) is 0 Å². The van der Waals surface area contributed by atoms with Gasteiger partial charge in [-0.15, -0.1) is 0 Å². The summed E-state index contributed by atoms with van der Waals surface area (Å²) in [5, 5.41) is 2.84. The molecule has 0 radical (unpaired) electrons. The second-order valence-corrected chi connectivity index (χ2v) is 4.40. The van der Waals surface area contributed by atoms with Crippen LogP contribution in [0, 0.1) is 6.92 Å². The first kappa shape index (κ1) is 13.5. The van der Waals surface area contributed by atoms with E-state index in [9.17, 15) is 4.79 Å². The first-order chi connectivity index (χ1) is 9.20. The largest absolute Gasteiger partial charge is 0.382 e. The lowest BCUT2D eigenvalue weighted by atomic mass is 10.3. The number of rotatable bonds is 6. The van der Waals surface area contributed by atoms with Gasteiger partial charge in [0.1, 0.15) is 11.3 Å². The number of hydrogen-bond acceptors (Lipinski definition) is 3. The molecule has 0 atom stereocenters. The molecule has 0 aliphatic rings. The summed E-state index contributed by atoms with van der Waals surface area (Å²) in [6.07, 6.45) is 4.46. The number of carbonyl (C=O) groups is 1. The van der Waals surface area contributed by atoms with Crippen LogP contribution in [0.15, 0.2) is 24.5 Å². The molecule has 0 aliphatic carbocycles. The molecule has 0 bridgehead atoms. The highest BCUT2D eigenvalue weighted by Gasteiger charge is 2.09. The Labute approximate surface area is 112 Å². The van der Waals surface area contributed by atoms with Crippen molar-refractivity contribution in [1.82, 2.24) is 14.7 Å². The number of hydrogen-bond donors (Lipinski definition) is 1. The van der Waals surface area contributed by atoms with Crippen molar-refractivity contribution in [2.24, 2.45) is 0 Å². The van der Waals surface area contributed by atoms with E-state index in [1.807, 2.05) is 36.6 Å². The lowest BCUT2D eigenvalue weighted by Crippen LogP contribution is -2.25. The van der Waals surface area contributed by atoms with Crippen molar-refractivity contribution in [1.29, 1.82) is 0 Å². The average molecular weight is 261 g/mol. The fraction of sp³-hybridized carbons (Fsp3) is 0.429. The number of carbonyl (C=O) groups excluding carboxylic acids is 1. The van der Waals surface area contributed by atoms with E-state index >= 15 is 0 Å². The Morgan fingerprint density at radius 1 is 1.53 bits per heavy atom. The number of pyridine rings is 1. The van der Waals surface area contributed by atoms with Crippen LogP contribution in [0.2, 0.25) is 0 Å². The molecule has 5 heteroatoms. The number of nitrogens with zero attached hydrogens (tertiary/aromatic N) is 2. The van der Waals surface area contributed by atoms with E-state index in [1.54, 1.807) is 6.20 Å². The quantitative estimate of drug-likeness (QED) is 0.807. The van der Waals surface area contributed by atoms with Crippen LogP contribution in [0.25, 0.3) is 5.65 Å². The molecule has 5 nitrogen and oxygen atoms in total. The van der Waals surface area contributed by atoms with Crippen molar-refractivity contribution in [3.8, 4) is 0 Å². The van der Waals surface area contributed by atoms with Gasteiger partial charge >= 0.3 is 0 Å². The number of imidazole rings is 1. The highest BCUT2D eigenvalue weighted by atomic mass is 16.5. The lowest BCUT2D eigenvalue weighted by Gasteiger charge is -2.02. The second-order valence-electron chi connectivity index (χ2n) is 4.40. The Balaban J connectivity index is 1.94. The third kappa shape index (κ3) is 3.54. The van der Waals surface area contributed by atoms with Crippen molar-refractivity contribution in [3.05, 3.63) is 35.8 Å². The Hall–Kier alpha value is -1.88. The van der Waals surface area contributed by atoms with E-state index in [1.165, 1.54) is 0 Å². The maximum atomic E-state index is 11.9. The number of ether oxygens (including phenoxy) is 1. The molecule has 102 valence electrons. The molecule has 0 saturated carbocycles. The van der Waals surface area contributed by atoms with Gasteiger partial charge in [0, 0.05) is 32.2 Å². The summed E-state index contributed by atoms with van der Waals surface area (Å²) in [4.78, 5) is 16.2. The molecular weight excluding hydrogens is 242 g/mol. The number of fused-ring (bicyclic) bond motifs is 1. The minimum absolute atomic E-state index is 0.141. The highest BCUT2D eigenvalue weighted by Crippen LogP contribution is 2.07. The van der Waals surface area contributed by atoms with Crippen LogP contribution in [-0.2, 0) is 4.74 Å². The first-order valence-corrected chi connectivity index (χ1v) is 6.52. The van der Waals surface area contributed by atoms with Crippen LogP contribution in [0.1, 0.15) is 29.4 Å². The van der Waals surface area contributed by atoms with Crippen molar-refractivity contribution in [2.75, 3.05) is 19.8 Å². The van der Waals surface area contributed by atoms with Crippen molar-refractivity contribution < 1.29 is 9.53 Å². The SMILES string of the molecule is CCOCCCNC(=O)c1cn2ccc(C)cc2n1. The summed E-state index contributed by atoms with van der Waals surface area (Å²) in [6.45, 7) is 5.94. The molecule has 0 unspecified atom stereocenters. The third-order valence-corrected chi connectivity index (χ3v) is 2.80. The van der Waals surface area contributed by atoms with Gasteiger partial charge in [-0.2, -0.15) is 0 Å². The zero-order chi connectivity index (χ0) is 13.7. The molecule has 2 aromatic rings. The zero-order valence-corrected chi connectivity index (χ0v) is 11.3. The van der Waals surface area contributed by atoms with Gasteiger partial charge in [-0.1, -0.05) is 0 Å². The number of nitrogens with one attached hydrogen (secondary N) is 1. The zero-order valence-electron chi connectivity index (χ0n) is 11.3. The molecule has 2 aromatic heterocycles. The normalized spacial score (nSPS) is 10.8. The van der Waals surface area contributed by atoms with Crippen molar-refractivity contribution >= 4 is 11.6 Å². The van der Waals surface area contributed by atoms with Gasteiger partial charge in [0.15, 0.2) is 0 Å². The summed E-state index contributed by atoms with van der Waals surface area (Å²) in [5.74, 6) is -0.141. The van der Waals surface area contributed by atoms with E-state index in [0.29, 0.717) is 25.5 Å². The summed E-state index contributed by atoms with van der Waals surface area (Å²) < 4.78 is 7.06. The van der Waals surface area contributed by atoms with Crippen LogP contribution in [0.3, 0.4) is 0 Å². The number of aromatic nitrogens is 2. The summed E-state index contributed by atoms with van der Waals surface area (Å²) in [7, 11) is 0. The van der Waals surface area contributed by atoms with E-state index in [-0.39, 0.29) is 5.91 Å². The predicted octanol–water partition coefficient (Wildman–Crippen LogP) is 1.80. The summed E-state index contributed by atoms with van der Waals surface area (Å²) >= 11 is 0. The standard InChI is InChI=1S/C14H19N3O2/c1-3-19-8-4-6-15-14(18)12-10-17-7-5-11(2)9-13(17)16-12/h5,7,9-10H,3-4,6,8H2,1-2H3,(H,15,18). The molecule has 0 saturated heterocycles. The Morgan fingerprint density at radius 3 is 3.16 bits per heavy atom. The van der Waals surface area contributed by atoms with E-state index < -0.39 is 0 Å². The molecule has 1 N–H and O–H groups in total. The van der Waals surface area contributed by atoms with E-state index in [4.69, 9.17) is 4.74 Å². The number of amides is 1. The average Bonchev–Trinajstić information content (AvgIpc) is 2.81. The Morgan fingerprint density at radius 2 is 2.37 bits per heavy atom. The predicted molar refractivity (Wildman–Crippen MR) is 73.4 cm³/mol. The van der Waals surface area contributed by atoms with Gasteiger partial charge in [-0.3, -0.25) is 4.79 Å². The van der Waals surface area contributed by atoms with Gasteiger partial charge in [0.05, 0.1) is 0 Å². The minimum Gasteiger partial charge on any atom is -0.382 e. The highest BCUT2D eigenvalue weighted by molar-refractivity contribution is 5.92. The van der Waals surface area contributed by atoms with E-state index in [2.05, 4.69) is 10.3 Å².